The third-order valence-corrected chi connectivity index (χ3v) is 2.76. The molecule has 2 rings (SSSR count). The van der Waals surface area contributed by atoms with Crippen LogP contribution >= 0.6 is 0 Å². The normalized spacial score (nSPS) is 11.8. The second-order valence-electron chi connectivity index (χ2n) is 4.19. The molecule has 2 aromatic rings. The van der Waals surface area contributed by atoms with Gasteiger partial charge in [0.15, 0.2) is 0 Å². The van der Waals surface area contributed by atoms with Crippen LogP contribution in [0.25, 0.3) is 0 Å². The van der Waals surface area contributed by atoms with Gasteiger partial charge in [0.05, 0.1) is 11.0 Å². The summed E-state index contributed by atoms with van der Waals surface area (Å²) in [7, 11) is 0. The molecule has 6 nitrogen and oxygen atoms in total. The molecule has 0 amide bonds. The molecule has 1 atom stereocenters. The molecular formula is C13H14N4O2. The lowest BCUT2D eigenvalue weighted by Gasteiger charge is -2.14. The van der Waals surface area contributed by atoms with Crippen molar-refractivity contribution in [3.63, 3.8) is 0 Å². The summed E-state index contributed by atoms with van der Waals surface area (Å²) < 4.78 is 0. The number of nitrogens with one attached hydrogen (secondary N) is 1. The number of hydrogen-bond donors (Lipinski definition) is 2. The topological polar surface area (TPSA) is 94.1 Å². The van der Waals surface area contributed by atoms with Crippen molar-refractivity contribution < 1.29 is 4.92 Å². The lowest BCUT2D eigenvalue weighted by atomic mass is 10.1. The van der Waals surface area contributed by atoms with Crippen LogP contribution in [0.5, 0.6) is 0 Å². The van der Waals surface area contributed by atoms with Gasteiger partial charge in [0.2, 0.25) is 0 Å². The van der Waals surface area contributed by atoms with Gasteiger partial charge in [-0.05, 0) is 24.6 Å². The second kappa shape index (κ2) is 5.34. The van der Waals surface area contributed by atoms with E-state index in [4.69, 9.17) is 5.73 Å². The molecule has 0 fully saturated rings. The third kappa shape index (κ3) is 3.19. The van der Waals surface area contributed by atoms with Gasteiger partial charge in [-0.15, -0.1) is 0 Å². The van der Waals surface area contributed by atoms with Crippen molar-refractivity contribution in [2.24, 2.45) is 0 Å². The molecule has 0 aliphatic carbocycles. The summed E-state index contributed by atoms with van der Waals surface area (Å²) in [5.74, 6) is 0.471. The number of nitrogen functional groups attached to an aromatic ring is 1. The molecule has 0 radical (unpaired) electrons. The van der Waals surface area contributed by atoms with E-state index in [-0.39, 0.29) is 11.7 Å². The third-order valence-electron chi connectivity index (χ3n) is 2.76. The van der Waals surface area contributed by atoms with Crippen LogP contribution in [0.2, 0.25) is 0 Å². The van der Waals surface area contributed by atoms with Crippen LogP contribution in [0.4, 0.5) is 17.2 Å². The quantitative estimate of drug-likeness (QED) is 0.499. The Morgan fingerprint density at radius 2 is 2.00 bits per heavy atom. The summed E-state index contributed by atoms with van der Waals surface area (Å²) in [6, 6.07) is 10.2. The van der Waals surface area contributed by atoms with Gasteiger partial charge in [-0.3, -0.25) is 10.1 Å². The molecule has 0 saturated heterocycles. The van der Waals surface area contributed by atoms with E-state index in [2.05, 4.69) is 10.3 Å². The number of rotatable bonds is 4. The first-order chi connectivity index (χ1) is 9.06. The van der Waals surface area contributed by atoms with Gasteiger partial charge in [-0.25, -0.2) is 4.98 Å². The maximum absolute atomic E-state index is 10.7. The second-order valence-corrected chi connectivity index (χ2v) is 4.19. The van der Waals surface area contributed by atoms with Crippen molar-refractivity contribution in [2.75, 3.05) is 11.1 Å². The summed E-state index contributed by atoms with van der Waals surface area (Å²) in [5.41, 5.74) is 7.37. The molecule has 19 heavy (non-hydrogen) atoms. The van der Waals surface area contributed by atoms with E-state index in [1.807, 2.05) is 31.2 Å². The molecular weight excluding hydrogens is 244 g/mol. The van der Waals surface area contributed by atoms with Crippen LogP contribution in [-0.2, 0) is 0 Å². The molecule has 1 heterocycles. The predicted octanol–water partition coefficient (Wildman–Crippen LogP) is 2.75. The molecule has 1 aromatic carbocycles. The first kappa shape index (κ1) is 12.8. The SMILES string of the molecule is CC(Nc1cc([N+](=O)[O-])ccn1)c1ccc(N)cc1. The zero-order valence-corrected chi connectivity index (χ0v) is 10.4. The Bertz CT molecular complexity index is 583. The Hall–Kier alpha value is -2.63. The molecule has 98 valence electrons. The predicted molar refractivity (Wildman–Crippen MR) is 73.8 cm³/mol. The van der Waals surface area contributed by atoms with Crippen molar-refractivity contribution in [3.05, 3.63) is 58.3 Å². The monoisotopic (exact) mass is 258 g/mol. The summed E-state index contributed by atoms with van der Waals surface area (Å²) in [5, 5.41) is 13.8. The Labute approximate surface area is 110 Å². The zero-order valence-electron chi connectivity index (χ0n) is 10.4. The van der Waals surface area contributed by atoms with Crippen LogP contribution in [0, 0.1) is 10.1 Å². The van der Waals surface area contributed by atoms with Gasteiger partial charge >= 0.3 is 0 Å². The number of hydrogen-bond acceptors (Lipinski definition) is 5. The molecule has 0 aliphatic heterocycles. The molecule has 0 saturated carbocycles. The largest absolute Gasteiger partial charge is 0.399 e. The number of nitro groups is 1. The Morgan fingerprint density at radius 1 is 1.32 bits per heavy atom. The molecule has 3 N–H and O–H groups in total. The van der Waals surface area contributed by atoms with Crippen molar-refractivity contribution in [3.8, 4) is 0 Å². The van der Waals surface area contributed by atoms with Crippen molar-refractivity contribution >= 4 is 17.2 Å². The fourth-order valence-corrected chi connectivity index (χ4v) is 1.70. The van der Waals surface area contributed by atoms with Gasteiger partial charge in [-0.1, -0.05) is 12.1 Å². The van der Waals surface area contributed by atoms with Gasteiger partial charge in [0.1, 0.15) is 5.82 Å². The average Bonchev–Trinajstić information content (AvgIpc) is 2.39. The zero-order chi connectivity index (χ0) is 13.8. The van der Waals surface area contributed by atoms with E-state index < -0.39 is 4.92 Å². The van der Waals surface area contributed by atoms with E-state index in [1.165, 1.54) is 18.3 Å². The lowest BCUT2D eigenvalue weighted by Crippen LogP contribution is -2.08. The van der Waals surface area contributed by atoms with Crippen LogP contribution in [0.15, 0.2) is 42.6 Å². The van der Waals surface area contributed by atoms with Crippen molar-refractivity contribution in [1.29, 1.82) is 0 Å². The molecule has 0 bridgehead atoms. The summed E-state index contributed by atoms with van der Waals surface area (Å²) in [6.07, 6.45) is 1.41. The first-order valence-electron chi connectivity index (χ1n) is 5.78. The van der Waals surface area contributed by atoms with Crippen LogP contribution in [0.3, 0.4) is 0 Å². The molecule has 1 aromatic heterocycles. The number of nitrogens with zero attached hydrogens (tertiary/aromatic N) is 2. The maximum atomic E-state index is 10.7. The van der Waals surface area contributed by atoms with Crippen LogP contribution in [0.1, 0.15) is 18.5 Å². The van der Waals surface area contributed by atoms with E-state index in [0.29, 0.717) is 11.5 Å². The molecule has 1 unspecified atom stereocenters. The smallest absolute Gasteiger partial charge is 0.274 e. The highest BCUT2D eigenvalue weighted by Crippen LogP contribution is 2.21. The van der Waals surface area contributed by atoms with E-state index in [0.717, 1.165) is 5.56 Å². The van der Waals surface area contributed by atoms with Crippen molar-refractivity contribution in [1.82, 2.24) is 4.98 Å². The number of aromatic nitrogens is 1. The highest BCUT2D eigenvalue weighted by molar-refractivity contribution is 5.47. The number of anilines is 2. The summed E-state index contributed by atoms with van der Waals surface area (Å²) in [4.78, 5) is 14.3. The van der Waals surface area contributed by atoms with Gasteiger partial charge in [0, 0.05) is 24.0 Å². The van der Waals surface area contributed by atoms with Crippen LogP contribution < -0.4 is 11.1 Å². The summed E-state index contributed by atoms with van der Waals surface area (Å²) in [6.45, 7) is 1.95. The number of benzene rings is 1. The molecule has 0 aliphatic rings. The standard InChI is InChI=1S/C13H14N4O2/c1-9(10-2-4-11(14)5-3-10)16-13-8-12(17(18)19)6-7-15-13/h2-9H,14H2,1H3,(H,15,16). The minimum Gasteiger partial charge on any atom is -0.399 e. The van der Waals surface area contributed by atoms with Crippen molar-refractivity contribution in [2.45, 2.75) is 13.0 Å². The van der Waals surface area contributed by atoms with E-state index in [1.54, 1.807) is 0 Å². The number of nitrogens with two attached hydrogens (primary N) is 1. The number of pyridine rings is 1. The maximum Gasteiger partial charge on any atom is 0.274 e. The molecule has 0 spiro atoms. The minimum atomic E-state index is -0.444. The van der Waals surface area contributed by atoms with E-state index >= 15 is 0 Å². The van der Waals surface area contributed by atoms with Gasteiger partial charge in [0.25, 0.3) is 5.69 Å². The molecule has 6 heteroatoms. The fraction of sp³-hybridized carbons (Fsp3) is 0.154. The Morgan fingerprint density at radius 3 is 2.63 bits per heavy atom. The first-order valence-corrected chi connectivity index (χ1v) is 5.78. The Kier molecular flexibility index (Phi) is 3.61. The fourth-order valence-electron chi connectivity index (χ4n) is 1.70. The highest BCUT2D eigenvalue weighted by Gasteiger charge is 2.10. The minimum absolute atomic E-state index is 0.0157. The highest BCUT2D eigenvalue weighted by atomic mass is 16.6. The van der Waals surface area contributed by atoms with E-state index in [9.17, 15) is 10.1 Å². The van der Waals surface area contributed by atoms with Gasteiger partial charge in [-0.2, -0.15) is 0 Å². The lowest BCUT2D eigenvalue weighted by molar-refractivity contribution is -0.384. The average molecular weight is 258 g/mol. The summed E-state index contributed by atoms with van der Waals surface area (Å²) >= 11 is 0. The van der Waals surface area contributed by atoms with Crippen LogP contribution in [-0.4, -0.2) is 9.91 Å². The van der Waals surface area contributed by atoms with Gasteiger partial charge < -0.3 is 11.1 Å². The Balaban J connectivity index is 2.14.